The van der Waals surface area contributed by atoms with Gasteiger partial charge in [-0.05, 0) is 55.0 Å². The minimum absolute atomic E-state index is 0.00436. The molecule has 1 amide bonds. The summed E-state index contributed by atoms with van der Waals surface area (Å²) in [5.74, 6) is 0.507. The first-order valence-electron chi connectivity index (χ1n) is 12.5. The maximum absolute atomic E-state index is 14.0. The molecule has 196 valence electrons. The monoisotopic (exact) mass is 549 g/mol. The summed E-state index contributed by atoms with van der Waals surface area (Å²) in [6.07, 6.45) is 3.36. The van der Waals surface area contributed by atoms with Crippen molar-refractivity contribution < 1.29 is 14.5 Å². The topological polar surface area (TPSA) is 98.7 Å². The number of ether oxygens (including phenoxy) is 1. The van der Waals surface area contributed by atoms with Gasteiger partial charge in [0.15, 0.2) is 0 Å². The van der Waals surface area contributed by atoms with Gasteiger partial charge >= 0.3 is 0 Å². The largest absolute Gasteiger partial charge is 0.496 e. The Morgan fingerprint density at radius 1 is 1.11 bits per heavy atom. The van der Waals surface area contributed by atoms with Gasteiger partial charge in [-0.3, -0.25) is 14.9 Å². The van der Waals surface area contributed by atoms with Crippen LogP contribution in [-0.2, 0) is 6.54 Å². The molecule has 0 radical (unpaired) electrons. The van der Waals surface area contributed by atoms with E-state index < -0.39 is 4.92 Å². The second-order valence-electron chi connectivity index (χ2n) is 9.59. The van der Waals surface area contributed by atoms with Crippen molar-refractivity contribution in [1.82, 2.24) is 4.90 Å². The first kappa shape index (κ1) is 26.2. The molecule has 1 aromatic heterocycles. The van der Waals surface area contributed by atoms with E-state index in [1.165, 1.54) is 23.5 Å². The van der Waals surface area contributed by atoms with Gasteiger partial charge in [0.25, 0.3) is 11.6 Å². The Labute approximate surface area is 229 Å². The summed E-state index contributed by atoms with van der Waals surface area (Å²) in [5.41, 5.74) is 8.48. The summed E-state index contributed by atoms with van der Waals surface area (Å²) in [6.45, 7) is 0.370. The molecule has 9 heteroatoms. The van der Waals surface area contributed by atoms with E-state index >= 15 is 0 Å². The van der Waals surface area contributed by atoms with Gasteiger partial charge in [-0.15, -0.1) is 11.3 Å². The zero-order valence-corrected chi connectivity index (χ0v) is 22.5. The van der Waals surface area contributed by atoms with Gasteiger partial charge in [-0.1, -0.05) is 48.0 Å². The Morgan fingerprint density at radius 2 is 1.87 bits per heavy atom. The lowest BCUT2D eigenvalue weighted by atomic mass is 9.90. The average Bonchev–Trinajstić information content (AvgIpc) is 3.28. The fourth-order valence-electron chi connectivity index (χ4n) is 5.12. The molecule has 0 spiro atoms. The standard InChI is InChI=1S/C29H28ClN3O4S/c1-37-25-14-9-18(15-24(25)19-5-4-6-22(16-19)33(35)36)17-32(21-12-10-20(31)11-13-21)29(34)28-27(30)23-7-2-3-8-26(23)38-28/h2-9,14-16,20-21H,10-13,17,31H2,1H3. The van der Waals surface area contributed by atoms with Gasteiger partial charge in [0.05, 0.1) is 17.1 Å². The van der Waals surface area contributed by atoms with Gasteiger partial charge in [-0.25, -0.2) is 0 Å². The highest BCUT2D eigenvalue weighted by Crippen LogP contribution is 2.38. The lowest BCUT2D eigenvalue weighted by Crippen LogP contribution is -2.43. The van der Waals surface area contributed by atoms with E-state index in [-0.39, 0.29) is 23.7 Å². The van der Waals surface area contributed by atoms with Gasteiger partial charge in [0.1, 0.15) is 10.6 Å². The quantitative estimate of drug-likeness (QED) is 0.197. The van der Waals surface area contributed by atoms with Crippen molar-refractivity contribution in [2.75, 3.05) is 7.11 Å². The van der Waals surface area contributed by atoms with Crippen LogP contribution >= 0.6 is 22.9 Å². The summed E-state index contributed by atoms with van der Waals surface area (Å²) < 4.78 is 6.55. The Hall–Kier alpha value is -3.46. The predicted octanol–water partition coefficient (Wildman–Crippen LogP) is 7.05. The summed E-state index contributed by atoms with van der Waals surface area (Å²) in [6, 6.07) is 20.1. The predicted molar refractivity (Wildman–Crippen MR) is 152 cm³/mol. The number of hydrogen-bond donors (Lipinski definition) is 1. The maximum Gasteiger partial charge on any atom is 0.270 e. The molecule has 1 saturated carbocycles. The van der Waals surface area contributed by atoms with Crippen molar-refractivity contribution in [1.29, 1.82) is 0 Å². The van der Waals surface area contributed by atoms with Crippen molar-refractivity contribution in [2.24, 2.45) is 5.73 Å². The van der Waals surface area contributed by atoms with Gasteiger partial charge < -0.3 is 15.4 Å². The van der Waals surface area contributed by atoms with Crippen LogP contribution in [0.5, 0.6) is 5.75 Å². The van der Waals surface area contributed by atoms with E-state index in [2.05, 4.69) is 0 Å². The fourth-order valence-corrected chi connectivity index (χ4v) is 6.59. The molecule has 0 atom stereocenters. The molecule has 1 aliphatic carbocycles. The second-order valence-corrected chi connectivity index (χ2v) is 11.0. The second kappa shape index (κ2) is 11.1. The van der Waals surface area contributed by atoms with E-state index in [1.54, 1.807) is 13.2 Å². The van der Waals surface area contributed by atoms with Crippen molar-refractivity contribution in [3.63, 3.8) is 0 Å². The number of benzene rings is 3. The minimum Gasteiger partial charge on any atom is -0.496 e. The molecule has 0 bridgehead atoms. The lowest BCUT2D eigenvalue weighted by molar-refractivity contribution is -0.384. The van der Waals surface area contributed by atoms with Crippen molar-refractivity contribution in [3.05, 3.63) is 92.3 Å². The van der Waals surface area contributed by atoms with Crippen LogP contribution in [0.25, 0.3) is 21.2 Å². The van der Waals surface area contributed by atoms with Gasteiger partial charge in [0.2, 0.25) is 0 Å². The third kappa shape index (κ3) is 5.25. The van der Waals surface area contributed by atoms with Crippen molar-refractivity contribution >= 4 is 44.6 Å². The lowest BCUT2D eigenvalue weighted by Gasteiger charge is -2.36. The number of non-ortho nitro benzene ring substituents is 1. The number of nitro benzene ring substituents is 1. The SMILES string of the molecule is COc1ccc(CN(C(=O)c2sc3ccccc3c2Cl)C2CCC(N)CC2)cc1-c1cccc([N+](=O)[O-])c1. The van der Waals surface area contributed by atoms with Crippen LogP contribution in [-0.4, -0.2) is 34.9 Å². The van der Waals surface area contributed by atoms with Crippen molar-refractivity contribution in [3.8, 4) is 16.9 Å². The van der Waals surface area contributed by atoms with Crippen LogP contribution < -0.4 is 10.5 Å². The number of nitrogens with zero attached hydrogens (tertiary/aromatic N) is 2. The van der Waals surface area contributed by atoms with E-state index in [1.807, 2.05) is 53.4 Å². The van der Waals surface area contributed by atoms with Gasteiger partial charge in [-0.2, -0.15) is 0 Å². The van der Waals surface area contributed by atoms with Crippen LogP contribution in [0.2, 0.25) is 5.02 Å². The molecular formula is C29H28ClN3O4S. The number of methoxy groups -OCH3 is 1. The van der Waals surface area contributed by atoms with E-state index in [4.69, 9.17) is 22.1 Å². The molecular weight excluding hydrogens is 522 g/mol. The third-order valence-electron chi connectivity index (χ3n) is 7.16. The van der Waals surface area contributed by atoms with Gasteiger partial charge in [0, 0.05) is 46.4 Å². The Bertz CT molecular complexity index is 1500. The highest BCUT2D eigenvalue weighted by Gasteiger charge is 2.31. The highest BCUT2D eigenvalue weighted by atomic mass is 35.5. The number of hydrogen-bond acceptors (Lipinski definition) is 6. The number of carbonyl (C=O) groups excluding carboxylic acids is 1. The molecule has 1 heterocycles. The number of halogens is 1. The molecule has 0 saturated heterocycles. The molecule has 0 aliphatic heterocycles. The van der Waals surface area contributed by atoms with Crippen LogP contribution in [0.3, 0.4) is 0 Å². The molecule has 2 N–H and O–H groups in total. The first-order chi connectivity index (χ1) is 18.4. The van der Waals surface area contributed by atoms with E-state index in [9.17, 15) is 14.9 Å². The van der Waals surface area contributed by atoms with Crippen LogP contribution in [0.1, 0.15) is 40.9 Å². The van der Waals surface area contributed by atoms with E-state index in [0.29, 0.717) is 27.8 Å². The Kier molecular flexibility index (Phi) is 7.65. The number of amides is 1. The van der Waals surface area contributed by atoms with Crippen LogP contribution in [0.4, 0.5) is 5.69 Å². The molecule has 1 fully saturated rings. The molecule has 4 aromatic rings. The highest BCUT2D eigenvalue weighted by molar-refractivity contribution is 7.21. The Balaban J connectivity index is 1.53. The van der Waals surface area contributed by atoms with E-state index in [0.717, 1.165) is 46.9 Å². The number of thiophene rings is 1. The minimum atomic E-state index is -0.414. The molecule has 1 aliphatic rings. The van der Waals surface area contributed by atoms with Crippen LogP contribution in [0, 0.1) is 10.1 Å². The van der Waals surface area contributed by atoms with Crippen LogP contribution in [0.15, 0.2) is 66.7 Å². The summed E-state index contributed by atoms with van der Waals surface area (Å²) in [7, 11) is 1.57. The molecule has 38 heavy (non-hydrogen) atoms. The summed E-state index contributed by atoms with van der Waals surface area (Å²) >= 11 is 8.13. The average molecular weight is 550 g/mol. The zero-order valence-electron chi connectivity index (χ0n) is 20.9. The Morgan fingerprint density at radius 3 is 2.58 bits per heavy atom. The number of fused-ring (bicyclic) bond motifs is 1. The number of rotatable bonds is 7. The normalized spacial score (nSPS) is 17.3. The zero-order chi connectivity index (χ0) is 26.8. The van der Waals surface area contributed by atoms with Crippen molar-refractivity contribution in [2.45, 2.75) is 44.3 Å². The maximum atomic E-state index is 14.0. The smallest absolute Gasteiger partial charge is 0.270 e. The number of nitro groups is 1. The molecule has 0 unspecified atom stereocenters. The molecule has 3 aromatic carbocycles. The molecule has 5 rings (SSSR count). The fraction of sp³-hybridized carbons (Fsp3) is 0.276. The first-order valence-corrected chi connectivity index (χ1v) is 13.7. The third-order valence-corrected chi connectivity index (χ3v) is 8.82. The molecule has 7 nitrogen and oxygen atoms in total. The summed E-state index contributed by atoms with van der Waals surface area (Å²) in [5, 5.41) is 12.7. The number of carbonyl (C=O) groups is 1. The number of nitrogens with two attached hydrogens (primary N) is 1. The summed E-state index contributed by atoms with van der Waals surface area (Å²) in [4.78, 5) is 27.4.